The predicted molar refractivity (Wildman–Crippen MR) is 99.3 cm³/mol. The molecule has 0 aliphatic rings. The summed E-state index contributed by atoms with van der Waals surface area (Å²) in [6, 6.07) is 2.73. The van der Waals surface area contributed by atoms with Gasteiger partial charge in [-0.3, -0.25) is 4.79 Å². The Morgan fingerprint density at radius 3 is 1.69 bits per heavy atom. The third kappa shape index (κ3) is 5.33. The second-order valence-corrected chi connectivity index (χ2v) is 19.5. The van der Waals surface area contributed by atoms with Gasteiger partial charge in [0.05, 0.1) is 16.1 Å². The van der Waals surface area contributed by atoms with Crippen LogP contribution in [0.1, 0.15) is 6.92 Å². The van der Waals surface area contributed by atoms with Gasteiger partial charge in [-0.15, -0.1) is 0 Å². The lowest BCUT2D eigenvalue weighted by Crippen LogP contribution is -2.47. The number of carbonyl (C=O) groups excluding carboxylic acids is 1. The summed E-state index contributed by atoms with van der Waals surface area (Å²) in [6.07, 6.45) is 0. The van der Waals surface area contributed by atoms with E-state index in [1.807, 2.05) is 39.3 Å². The van der Waals surface area contributed by atoms with E-state index in [-0.39, 0.29) is 5.75 Å². The van der Waals surface area contributed by atoms with Crippen LogP contribution in [0.4, 0.5) is 13.2 Å². The number of rotatable bonds is 5. The molecule has 1 rings (SSSR count). The van der Waals surface area contributed by atoms with Gasteiger partial charge in [-0.25, -0.2) is 0 Å². The molecular weight excluding hydrogens is 405 g/mol. The van der Waals surface area contributed by atoms with Crippen molar-refractivity contribution in [1.82, 2.24) is 0 Å². The van der Waals surface area contributed by atoms with Crippen molar-refractivity contribution in [2.24, 2.45) is 0 Å². The minimum atomic E-state index is -5.83. The van der Waals surface area contributed by atoms with E-state index < -0.39 is 43.5 Å². The van der Waals surface area contributed by atoms with Crippen LogP contribution >= 0.6 is 0 Å². The van der Waals surface area contributed by atoms with Crippen LogP contribution in [0.3, 0.4) is 0 Å². The fourth-order valence-electron chi connectivity index (χ4n) is 2.21. The van der Waals surface area contributed by atoms with Crippen LogP contribution in [0, 0.1) is 0 Å². The normalized spacial score (nSPS) is 13.5. The van der Waals surface area contributed by atoms with Gasteiger partial charge in [0.25, 0.3) is 0 Å². The number of esters is 1. The average molecular weight is 429 g/mol. The van der Waals surface area contributed by atoms with Crippen LogP contribution < -0.4 is 19.3 Å². The summed E-state index contributed by atoms with van der Waals surface area (Å²) in [5.74, 6) is -1.07. The number of halogens is 3. The Bertz CT molecular complexity index is 806. The zero-order valence-corrected chi connectivity index (χ0v) is 18.6. The first-order valence-electron chi connectivity index (χ1n) is 7.74. The van der Waals surface area contributed by atoms with Crippen LogP contribution in [0.15, 0.2) is 12.1 Å². The van der Waals surface area contributed by atoms with E-state index in [4.69, 9.17) is 4.74 Å². The van der Waals surface area contributed by atoms with Crippen LogP contribution in [0.2, 0.25) is 39.3 Å². The van der Waals surface area contributed by atoms with E-state index in [1.54, 1.807) is 6.07 Å². The summed E-state index contributed by atoms with van der Waals surface area (Å²) in [7, 11) is -10.2. The molecule has 11 heteroatoms. The zero-order valence-electron chi connectivity index (χ0n) is 15.7. The van der Waals surface area contributed by atoms with E-state index in [1.165, 1.54) is 0 Å². The molecule has 0 unspecified atom stereocenters. The van der Waals surface area contributed by atoms with Crippen LogP contribution in [-0.4, -0.2) is 36.0 Å². The maximum Gasteiger partial charge on any atom is 0.534 e. The summed E-state index contributed by atoms with van der Waals surface area (Å²) in [5, 5.41) is 1.13. The first-order chi connectivity index (χ1) is 11.4. The molecular formula is C15H23F3O5SSi2. The molecule has 0 atom stereocenters. The third-order valence-electron chi connectivity index (χ3n) is 3.43. The highest BCUT2D eigenvalue weighted by Gasteiger charge is 2.49. The van der Waals surface area contributed by atoms with Crippen molar-refractivity contribution in [3.8, 4) is 11.5 Å². The largest absolute Gasteiger partial charge is 0.534 e. The highest BCUT2D eigenvalue weighted by Crippen LogP contribution is 2.29. The smallest absolute Gasteiger partial charge is 0.427 e. The molecule has 0 spiro atoms. The molecule has 0 bridgehead atoms. The maximum absolute atomic E-state index is 12.7. The molecule has 0 aliphatic carbocycles. The van der Waals surface area contributed by atoms with Crippen molar-refractivity contribution in [2.75, 3.05) is 0 Å². The average Bonchev–Trinajstić information content (AvgIpc) is 2.32. The Labute approximate surface area is 153 Å². The van der Waals surface area contributed by atoms with Gasteiger partial charge in [-0.2, -0.15) is 21.6 Å². The van der Waals surface area contributed by atoms with Gasteiger partial charge in [0, 0.05) is 13.0 Å². The Balaban J connectivity index is 3.75. The Morgan fingerprint density at radius 1 is 0.923 bits per heavy atom. The molecule has 0 saturated heterocycles. The topological polar surface area (TPSA) is 69.7 Å². The molecule has 1 aromatic rings. The first-order valence-corrected chi connectivity index (χ1v) is 16.2. The van der Waals surface area contributed by atoms with Gasteiger partial charge < -0.3 is 8.92 Å². The summed E-state index contributed by atoms with van der Waals surface area (Å²) in [6.45, 7) is 12.7. The van der Waals surface area contributed by atoms with E-state index in [2.05, 4.69) is 4.18 Å². The lowest BCUT2D eigenvalue weighted by atomic mass is 10.3. The van der Waals surface area contributed by atoms with Crippen molar-refractivity contribution in [2.45, 2.75) is 51.7 Å². The molecule has 0 N–H and O–H groups in total. The molecule has 0 amide bonds. The Hall–Kier alpha value is -1.34. The first kappa shape index (κ1) is 22.7. The summed E-state index contributed by atoms with van der Waals surface area (Å²) < 4.78 is 70.8. The van der Waals surface area contributed by atoms with Gasteiger partial charge >= 0.3 is 21.6 Å². The zero-order chi connectivity index (χ0) is 20.7. The summed E-state index contributed by atoms with van der Waals surface area (Å²) >= 11 is 0. The molecule has 0 heterocycles. The number of hydrogen-bond donors (Lipinski definition) is 0. The molecule has 1 aromatic carbocycles. The Kier molecular flexibility index (Phi) is 6.11. The minimum Gasteiger partial charge on any atom is -0.427 e. The third-order valence-corrected chi connectivity index (χ3v) is 8.41. The molecule has 0 aromatic heterocycles. The lowest BCUT2D eigenvalue weighted by molar-refractivity contribution is -0.131. The molecule has 148 valence electrons. The maximum atomic E-state index is 12.7. The fraction of sp³-hybridized carbons (Fsp3) is 0.533. The van der Waals surface area contributed by atoms with Gasteiger partial charge in [0.1, 0.15) is 11.5 Å². The van der Waals surface area contributed by atoms with E-state index >= 15 is 0 Å². The molecule has 0 fully saturated rings. The lowest BCUT2D eigenvalue weighted by Gasteiger charge is -2.27. The van der Waals surface area contributed by atoms with Gasteiger partial charge in [0.2, 0.25) is 0 Å². The molecule has 0 saturated carbocycles. The summed E-state index contributed by atoms with van der Waals surface area (Å²) in [5.41, 5.74) is -5.55. The van der Waals surface area contributed by atoms with Crippen LogP contribution in [0.25, 0.3) is 0 Å². The Morgan fingerprint density at radius 2 is 1.35 bits per heavy atom. The highest BCUT2D eigenvalue weighted by atomic mass is 32.2. The molecule has 0 aliphatic heterocycles. The number of benzene rings is 1. The predicted octanol–water partition coefficient (Wildman–Crippen LogP) is 2.93. The molecule has 0 radical (unpaired) electrons. The molecule has 5 nitrogen and oxygen atoms in total. The standard InChI is InChI=1S/C15H23F3O5SSi2/c1-10(19)22-11-8-12(23-24(20,21)15(16,17)18)14(26(5,6)7)9-13(11)25(2,3)4/h8-9H,1-7H3. The van der Waals surface area contributed by atoms with Crippen molar-refractivity contribution in [3.05, 3.63) is 12.1 Å². The SMILES string of the molecule is CC(=O)Oc1cc(OS(=O)(=O)C(F)(F)F)c([Si](C)(C)C)cc1[Si](C)(C)C. The van der Waals surface area contributed by atoms with E-state index in [0.717, 1.165) is 13.0 Å². The second kappa shape index (κ2) is 7.00. The van der Waals surface area contributed by atoms with Crippen molar-refractivity contribution in [1.29, 1.82) is 0 Å². The van der Waals surface area contributed by atoms with Gasteiger partial charge in [-0.05, 0) is 10.4 Å². The fourth-order valence-corrected chi connectivity index (χ4v) is 5.77. The van der Waals surface area contributed by atoms with E-state index in [9.17, 15) is 26.4 Å². The van der Waals surface area contributed by atoms with Crippen molar-refractivity contribution >= 4 is 42.6 Å². The monoisotopic (exact) mass is 428 g/mol. The number of ether oxygens (including phenoxy) is 1. The minimum absolute atomic E-state index is 0.0334. The van der Waals surface area contributed by atoms with Crippen molar-refractivity contribution < 1.29 is 35.3 Å². The number of carbonyl (C=O) groups is 1. The summed E-state index contributed by atoms with van der Waals surface area (Å²) in [4.78, 5) is 11.4. The quantitative estimate of drug-likeness (QED) is 0.237. The molecule has 26 heavy (non-hydrogen) atoms. The highest BCUT2D eigenvalue weighted by molar-refractivity contribution is 7.88. The number of hydrogen-bond acceptors (Lipinski definition) is 5. The second-order valence-electron chi connectivity index (χ2n) is 7.92. The van der Waals surface area contributed by atoms with Crippen LogP contribution in [-0.2, 0) is 14.9 Å². The van der Waals surface area contributed by atoms with E-state index in [0.29, 0.717) is 10.4 Å². The van der Waals surface area contributed by atoms with Gasteiger partial charge in [-0.1, -0.05) is 45.3 Å². The van der Waals surface area contributed by atoms with Crippen molar-refractivity contribution in [3.63, 3.8) is 0 Å². The van der Waals surface area contributed by atoms with Gasteiger partial charge in [0.15, 0.2) is 0 Å². The van der Waals surface area contributed by atoms with Crippen LogP contribution in [0.5, 0.6) is 11.5 Å². The number of alkyl halides is 3.